The molecule has 1 N–H and O–H groups in total. The van der Waals surface area contributed by atoms with Gasteiger partial charge in [0.05, 0.1) is 5.69 Å². The summed E-state index contributed by atoms with van der Waals surface area (Å²) in [5, 5.41) is 3.46. The Morgan fingerprint density at radius 3 is 2.85 bits per heavy atom. The molecule has 1 atom stereocenters. The summed E-state index contributed by atoms with van der Waals surface area (Å²) in [4.78, 5) is 7.14. The number of hydrogen-bond donors (Lipinski definition) is 1. The van der Waals surface area contributed by atoms with E-state index in [0.29, 0.717) is 5.92 Å². The van der Waals surface area contributed by atoms with E-state index in [9.17, 15) is 0 Å². The van der Waals surface area contributed by atoms with Crippen molar-refractivity contribution in [2.75, 3.05) is 19.6 Å². The van der Waals surface area contributed by atoms with Gasteiger partial charge in [-0.15, -0.1) is 0 Å². The van der Waals surface area contributed by atoms with Crippen LogP contribution in [0.1, 0.15) is 44.9 Å². The molecule has 0 saturated carbocycles. The summed E-state index contributed by atoms with van der Waals surface area (Å²) in [6.45, 7) is 12.2. The number of aromatic nitrogens is 1. The molecular formula is C17H29N3. The summed E-state index contributed by atoms with van der Waals surface area (Å²) in [6, 6.07) is 4.40. The Morgan fingerprint density at radius 2 is 2.25 bits per heavy atom. The molecule has 1 unspecified atom stereocenters. The highest BCUT2D eigenvalue weighted by Gasteiger charge is 2.20. The van der Waals surface area contributed by atoms with E-state index in [1.54, 1.807) is 0 Å². The van der Waals surface area contributed by atoms with Crippen LogP contribution in [0.15, 0.2) is 18.3 Å². The van der Waals surface area contributed by atoms with Crippen molar-refractivity contribution in [1.82, 2.24) is 15.2 Å². The lowest BCUT2D eigenvalue weighted by Gasteiger charge is -2.15. The molecule has 0 spiro atoms. The molecule has 1 saturated heterocycles. The summed E-state index contributed by atoms with van der Waals surface area (Å²) < 4.78 is 0. The van der Waals surface area contributed by atoms with Crippen LogP contribution in [0.5, 0.6) is 0 Å². The Kier molecular flexibility index (Phi) is 5.99. The standard InChI is InChI=1S/C17H29N3/c1-4-15-7-8-20(12-15)13-17-6-5-16(11-19-17)10-18-9-14(2)3/h5-6,11,14-15,18H,4,7-10,12-13H2,1-3H3. The summed E-state index contributed by atoms with van der Waals surface area (Å²) in [6.07, 6.45) is 4.69. The van der Waals surface area contributed by atoms with Crippen LogP contribution in [-0.4, -0.2) is 29.5 Å². The summed E-state index contributed by atoms with van der Waals surface area (Å²) in [5.41, 5.74) is 2.48. The summed E-state index contributed by atoms with van der Waals surface area (Å²) >= 11 is 0. The molecule has 0 bridgehead atoms. The minimum absolute atomic E-state index is 0.698. The normalized spacial score (nSPS) is 19.9. The average Bonchev–Trinajstić information content (AvgIpc) is 2.88. The van der Waals surface area contributed by atoms with Crippen molar-refractivity contribution >= 4 is 0 Å². The first-order chi connectivity index (χ1) is 9.67. The van der Waals surface area contributed by atoms with Crippen LogP contribution in [0, 0.1) is 11.8 Å². The smallest absolute Gasteiger partial charge is 0.0544 e. The number of nitrogens with one attached hydrogen (secondary N) is 1. The Bertz CT molecular complexity index is 386. The van der Waals surface area contributed by atoms with Crippen LogP contribution in [0.25, 0.3) is 0 Å². The fourth-order valence-electron chi connectivity index (χ4n) is 2.78. The molecule has 0 aliphatic carbocycles. The van der Waals surface area contributed by atoms with Gasteiger partial charge in [-0.2, -0.15) is 0 Å². The van der Waals surface area contributed by atoms with E-state index in [1.807, 2.05) is 6.20 Å². The first-order valence-electron chi connectivity index (χ1n) is 8.04. The van der Waals surface area contributed by atoms with Crippen molar-refractivity contribution in [2.24, 2.45) is 11.8 Å². The lowest BCUT2D eigenvalue weighted by molar-refractivity contribution is 0.311. The zero-order chi connectivity index (χ0) is 14.4. The SMILES string of the molecule is CCC1CCN(Cc2ccc(CNCC(C)C)cn2)C1. The second-order valence-electron chi connectivity index (χ2n) is 6.48. The highest BCUT2D eigenvalue weighted by atomic mass is 15.1. The highest BCUT2D eigenvalue weighted by molar-refractivity contribution is 5.14. The van der Waals surface area contributed by atoms with Gasteiger partial charge in [-0.05, 0) is 43.0 Å². The Balaban J connectivity index is 1.77. The van der Waals surface area contributed by atoms with Gasteiger partial charge < -0.3 is 5.32 Å². The first kappa shape index (κ1) is 15.5. The minimum Gasteiger partial charge on any atom is -0.312 e. The van der Waals surface area contributed by atoms with Crippen molar-refractivity contribution in [1.29, 1.82) is 0 Å². The van der Waals surface area contributed by atoms with Gasteiger partial charge in [-0.3, -0.25) is 9.88 Å². The van der Waals surface area contributed by atoms with Crippen molar-refractivity contribution in [3.63, 3.8) is 0 Å². The van der Waals surface area contributed by atoms with Gasteiger partial charge in [0.15, 0.2) is 0 Å². The summed E-state index contributed by atoms with van der Waals surface area (Å²) in [7, 11) is 0. The second-order valence-corrected chi connectivity index (χ2v) is 6.48. The molecule has 3 heteroatoms. The van der Waals surface area contributed by atoms with E-state index in [-0.39, 0.29) is 0 Å². The third-order valence-electron chi connectivity index (χ3n) is 4.10. The van der Waals surface area contributed by atoms with E-state index in [1.165, 1.54) is 37.2 Å². The minimum atomic E-state index is 0.698. The second kappa shape index (κ2) is 7.75. The number of hydrogen-bond acceptors (Lipinski definition) is 3. The Labute approximate surface area is 123 Å². The lowest BCUT2D eigenvalue weighted by Crippen LogP contribution is -2.21. The fraction of sp³-hybridized carbons (Fsp3) is 0.706. The highest BCUT2D eigenvalue weighted by Crippen LogP contribution is 2.20. The molecule has 20 heavy (non-hydrogen) atoms. The lowest BCUT2D eigenvalue weighted by atomic mass is 10.1. The first-order valence-corrected chi connectivity index (χ1v) is 8.04. The van der Waals surface area contributed by atoms with Crippen LogP contribution in [0.3, 0.4) is 0 Å². The molecule has 0 radical (unpaired) electrons. The molecule has 1 aromatic rings. The van der Waals surface area contributed by atoms with E-state index in [0.717, 1.165) is 25.6 Å². The van der Waals surface area contributed by atoms with Crippen LogP contribution < -0.4 is 5.32 Å². The van der Waals surface area contributed by atoms with Crippen LogP contribution in [-0.2, 0) is 13.1 Å². The number of likely N-dealkylation sites (tertiary alicyclic amines) is 1. The van der Waals surface area contributed by atoms with E-state index in [2.05, 4.69) is 48.1 Å². The molecule has 1 aromatic heterocycles. The molecule has 1 aliphatic heterocycles. The van der Waals surface area contributed by atoms with Crippen LogP contribution in [0.4, 0.5) is 0 Å². The molecule has 0 aromatic carbocycles. The van der Waals surface area contributed by atoms with Crippen LogP contribution in [0.2, 0.25) is 0 Å². The number of rotatable bonds is 7. The molecule has 1 aliphatic rings. The zero-order valence-electron chi connectivity index (χ0n) is 13.2. The molecule has 3 nitrogen and oxygen atoms in total. The summed E-state index contributed by atoms with van der Waals surface area (Å²) in [5.74, 6) is 1.60. The molecule has 2 heterocycles. The zero-order valence-corrected chi connectivity index (χ0v) is 13.2. The molecule has 112 valence electrons. The van der Waals surface area contributed by atoms with Gasteiger partial charge in [0, 0.05) is 25.8 Å². The monoisotopic (exact) mass is 275 g/mol. The molecule has 2 rings (SSSR count). The van der Waals surface area contributed by atoms with Gasteiger partial charge >= 0.3 is 0 Å². The fourth-order valence-corrected chi connectivity index (χ4v) is 2.78. The van der Waals surface area contributed by atoms with Crippen molar-refractivity contribution < 1.29 is 0 Å². The number of pyridine rings is 1. The largest absolute Gasteiger partial charge is 0.312 e. The molecule has 0 amide bonds. The van der Waals surface area contributed by atoms with Gasteiger partial charge in [0.25, 0.3) is 0 Å². The Hall–Kier alpha value is -0.930. The maximum absolute atomic E-state index is 4.61. The third-order valence-corrected chi connectivity index (χ3v) is 4.10. The quantitative estimate of drug-likeness (QED) is 0.829. The predicted molar refractivity (Wildman–Crippen MR) is 84.5 cm³/mol. The predicted octanol–water partition coefficient (Wildman–Crippen LogP) is 3.06. The van der Waals surface area contributed by atoms with E-state index in [4.69, 9.17) is 0 Å². The van der Waals surface area contributed by atoms with E-state index >= 15 is 0 Å². The third kappa shape index (κ3) is 4.88. The molecular weight excluding hydrogens is 246 g/mol. The maximum atomic E-state index is 4.61. The number of nitrogens with zero attached hydrogens (tertiary/aromatic N) is 2. The topological polar surface area (TPSA) is 28.2 Å². The average molecular weight is 275 g/mol. The Morgan fingerprint density at radius 1 is 1.40 bits per heavy atom. The maximum Gasteiger partial charge on any atom is 0.0544 e. The van der Waals surface area contributed by atoms with Crippen molar-refractivity contribution in [2.45, 2.75) is 46.7 Å². The van der Waals surface area contributed by atoms with Gasteiger partial charge in [-0.25, -0.2) is 0 Å². The van der Waals surface area contributed by atoms with Gasteiger partial charge in [0.1, 0.15) is 0 Å². The van der Waals surface area contributed by atoms with Crippen molar-refractivity contribution in [3.05, 3.63) is 29.6 Å². The van der Waals surface area contributed by atoms with Gasteiger partial charge in [0.2, 0.25) is 0 Å². The van der Waals surface area contributed by atoms with E-state index < -0.39 is 0 Å². The van der Waals surface area contributed by atoms with Gasteiger partial charge in [-0.1, -0.05) is 33.3 Å². The van der Waals surface area contributed by atoms with Crippen LogP contribution >= 0.6 is 0 Å². The molecule has 1 fully saturated rings. The van der Waals surface area contributed by atoms with Crippen molar-refractivity contribution in [3.8, 4) is 0 Å².